The zero-order chi connectivity index (χ0) is 4.28. The predicted octanol–water partition coefficient (Wildman–Crippen LogP) is 0.901. The molecule has 0 aliphatic rings. The molecule has 28 valence electrons. The van der Waals surface area contributed by atoms with Crippen LogP contribution in [0.5, 0.6) is 0 Å². The Balaban J connectivity index is 2.85. The number of rotatable bonds is 1. The van der Waals surface area contributed by atoms with Crippen molar-refractivity contribution < 1.29 is 31.6 Å². The molecule has 4 heteroatoms. The number of hydrogen-bond acceptors (Lipinski definition) is 1. The summed E-state index contributed by atoms with van der Waals surface area (Å²) in [6.45, 7) is 0. The molecule has 0 aliphatic heterocycles. The van der Waals surface area contributed by atoms with Crippen LogP contribution in [0, 0.1) is 0 Å². The summed E-state index contributed by atoms with van der Waals surface area (Å²) in [5, 5.41) is 7.68. The van der Waals surface area contributed by atoms with Crippen molar-refractivity contribution in [3.8, 4) is 0 Å². The van der Waals surface area contributed by atoms with Crippen LogP contribution in [0.3, 0.4) is 0 Å². The van der Waals surface area contributed by atoms with Crippen molar-refractivity contribution in [2.75, 3.05) is 0 Å². The molecule has 0 saturated heterocycles. The number of carboxylic acid groups (broad SMARTS) is 1. The number of halogens is 1. The van der Waals surface area contributed by atoms with E-state index in [0.717, 1.165) is 0 Å². The third-order valence-corrected chi connectivity index (χ3v) is 1.98. The van der Waals surface area contributed by atoms with Gasteiger partial charge in [-0.1, -0.05) is 0 Å². The van der Waals surface area contributed by atoms with E-state index in [-0.39, 0.29) is 0 Å². The molecule has 0 bridgehead atoms. The normalized spacial score (nSPS) is 6.60. The summed E-state index contributed by atoms with van der Waals surface area (Å²) in [6, 6.07) is 0. The van der Waals surface area contributed by atoms with Crippen molar-refractivity contribution in [3.05, 3.63) is 0 Å². The van der Waals surface area contributed by atoms with E-state index in [1.165, 1.54) is 0 Å². The van der Waals surface area contributed by atoms with Gasteiger partial charge in [-0.05, 0) is 0 Å². The first-order chi connectivity index (χ1) is 2.27. The van der Waals surface area contributed by atoms with Crippen LogP contribution in [-0.2, 0) is 21.7 Å². The number of hydrogen-bond donors (Lipinski definition) is 1. The third-order valence-electron chi connectivity index (χ3n) is 0.0808. The van der Waals surface area contributed by atoms with Crippen molar-refractivity contribution in [2.45, 2.75) is 0 Å². The first-order valence-electron chi connectivity index (χ1n) is 0.867. The van der Waals surface area contributed by atoms with Crippen LogP contribution in [0.2, 0.25) is 0 Å². The van der Waals surface area contributed by atoms with Crippen LogP contribution in [0.4, 0.5) is 4.79 Å². The van der Waals surface area contributed by atoms with Crippen molar-refractivity contribution in [3.63, 3.8) is 0 Å². The molecule has 0 aliphatic carbocycles. The van der Waals surface area contributed by atoms with Crippen LogP contribution in [-0.4, -0.2) is 8.83 Å². The Kier molecular flexibility index (Phi) is 3.20. The molecule has 2 nitrogen and oxygen atoms in total. The van der Waals surface area contributed by atoms with Gasteiger partial charge in [-0.3, -0.25) is 0 Å². The topological polar surface area (TPSA) is 37.3 Å². The average Bonchev–Trinajstić information content (AvgIpc) is 1.38. The fourth-order valence-electron chi connectivity index (χ4n) is 0. The Morgan fingerprint density at radius 1 is 2.00 bits per heavy atom. The molecule has 0 heterocycles. The van der Waals surface area contributed by atoms with Crippen molar-refractivity contribution in [1.29, 1.82) is 0 Å². The van der Waals surface area contributed by atoms with Gasteiger partial charge in [0.15, 0.2) is 0 Å². The summed E-state index contributed by atoms with van der Waals surface area (Å²) in [5.74, 6) is 0. The first-order valence-corrected chi connectivity index (χ1v) is 7.11. The minimum atomic E-state index is -1.65. The van der Waals surface area contributed by atoms with Crippen LogP contribution < -0.4 is 0 Å². The SMILES string of the molecule is O=[C](O)[Hf][Cl]. The van der Waals surface area contributed by atoms with Crippen LogP contribution in [0.1, 0.15) is 0 Å². The molecule has 0 amide bonds. The molecule has 0 radical (unpaired) electrons. The van der Waals surface area contributed by atoms with E-state index >= 15 is 0 Å². The summed E-state index contributed by atoms with van der Waals surface area (Å²) < 4.78 is -0.785. The molecule has 0 saturated carbocycles. The fourth-order valence-corrected chi connectivity index (χ4v) is 0. The molecule has 0 fully saturated rings. The van der Waals surface area contributed by atoms with Gasteiger partial charge in [-0.15, -0.1) is 0 Å². The summed E-state index contributed by atoms with van der Waals surface area (Å²) >= 11 is -1.65. The Labute approximate surface area is 44.1 Å². The molecule has 0 rings (SSSR count). The van der Waals surface area contributed by atoms with Crippen molar-refractivity contribution in [1.82, 2.24) is 0 Å². The van der Waals surface area contributed by atoms with Gasteiger partial charge in [0.1, 0.15) is 0 Å². The van der Waals surface area contributed by atoms with Crippen molar-refractivity contribution >= 4 is 12.3 Å². The standard InChI is InChI=1S/CHO2.ClH.Hf/c2-1-3;;/h(H,2,3);1H;/q;;+1/p-1. The molecular weight excluding hydrogens is 258 g/mol. The van der Waals surface area contributed by atoms with Crippen LogP contribution >= 0.6 is 8.58 Å². The Morgan fingerprint density at radius 2 is 2.20 bits per heavy atom. The monoisotopic (exact) mass is 260 g/mol. The van der Waals surface area contributed by atoms with Gasteiger partial charge in [0.05, 0.1) is 0 Å². The zero-order valence-electron chi connectivity index (χ0n) is 2.23. The maximum atomic E-state index is 9.32. The zero-order valence-corrected chi connectivity index (χ0v) is 6.58. The third kappa shape index (κ3) is 4.63. The summed E-state index contributed by atoms with van der Waals surface area (Å²) in [5.41, 5.74) is 0. The molecule has 0 aromatic heterocycles. The molecule has 0 spiro atoms. The minimum absolute atomic E-state index is 0.785. The second kappa shape index (κ2) is 2.85. The Morgan fingerprint density at radius 3 is 2.20 bits per heavy atom. The van der Waals surface area contributed by atoms with Crippen molar-refractivity contribution in [2.24, 2.45) is 0 Å². The summed E-state index contributed by atoms with van der Waals surface area (Å²) in [7, 11) is 4.93. The molecule has 0 atom stereocenters. The van der Waals surface area contributed by atoms with Gasteiger partial charge in [-0.2, -0.15) is 0 Å². The van der Waals surface area contributed by atoms with Crippen LogP contribution in [0.15, 0.2) is 0 Å². The molecule has 5 heavy (non-hydrogen) atoms. The first kappa shape index (κ1) is 5.63. The molecular formula is CHClHfO2. The van der Waals surface area contributed by atoms with E-state index in [1.54, 1.807) is 0 Å². The van der Waals surface area contributed by atoms with Gasteiger partial charge < -0.3 is 0 Å². The van der Waals surface area contributed by atoms with E-state index in [4.69, 9.17) is 13.7 Å². The molecule has 0 unspecified atom stereocenters. The van der Waals surface area contributed by atoms with Gasteiger partial charge in [0.25, 0.3) is 0 Å². The predicted molar refractivity (Wildman–Crippen MR) is 13.9 cm³/mol. The Hall–Kier alpha value is 0.630. The van der Waals surface area contributed by atoms with E-state index in [2.05, 4.69) is 0 Å². The van der Waals surface area contributed by atoms with Gasteiger partial charge >= 0.3 is 43.9 Å². The van der Waals surface area contributed by atoms with Gasteiger partial charge in [-0.25, -0.2) is 0 Å². The van der Waals surface area contributed by atoms with E-state index < -0.39 is 25.4 Å². The van der Waals surface area contributed by atoms with Gasteiger partial charge in [0.2, 0.25) is 0 Å². The van der Waals surface area contributed by atoms with Crippen LogP contribution in [0.25, 0.3) is 0 Å². The average molecular weight is 259 g/mol. The Bertz CT molecular complexity index is 44.9. The second-order valence-electron chi connectivity index (χ2n) is 0.400. The summed E-state index contributed by atoms with van der Waals surface area (Å²) in [4.78, 5) is 9.32. The fraction of sp³-hybridized carbons (Fsp3) is 0. The number of carbonyl (C=O) groups is 1. The molecule has 0 aromatic carbocycles. The molecule has 1 N–H and O–H groups in total. The quantitative estimate of drug-likeness (QED) is 0.710. The summed E-state index contributed by atoms with van der Waals surface area (Å²) in [6.07, 6.45) is 0. The van der Waals surface area contributed by atoms with E-state index in [0.29, 0.717) is 0 Å². The second-order valence-corrected chi connectivity index (χ2v) is 4.16. The van der Waals surface area contributed by atoms with Gasteiger partial charge in [0, 0.05) is 0 Å². The maximum absolute atomic E-state index is 9.32. The molecule has 0 aromatic rings. The van der Waals surface area contributed by atoms with E-state index in [9.17, 15) is 4.79 Å². The van der Waals surface area contributed by atoms with E-state index in [1.807, 2.05) is 0 Å².